The number of hydrogen-bond donors (Lipinski definition) is 1. The van der Waals surface area contributed by atoms with Crippen molar-refractivity contribution in [2.24, 2.45) is 0 Å². The lowest BCUT2D eigenvalue weighted by molar-refractivity contribution is 0.413. The molecule has 21 heavy (non-hydrogen) atoms. The van der Waals surface area contributed by atoms with Crippen LogP contribution in [0.2, 0.25) is 0 Å². The highest BCUT2D eigenvalue weighted by Gasteiger charge is 2.27. The van der Waals surface area contributed by atoms with Gasteiger partial charge in [-0.2, -0.15) is 0 Å². The molecule has 1 aliphatic rings. The lowest BCUT2D eigenvalue weighted by Crippen LogP contribution is -2.51. The first-order chi connectivity index (χ1) is 10.1. The van der Waals surface area contributed by atoms with Crippen LogP contribution in [0.5, 0.6) is 0 Å². The van der Waals surface area contributed by atoms with Gasteiger partial charge in [-0.25, -0.2) is 0 Å². The highest BCUT2D eigenvalue weighted by Crippen LogP contribution is 2.27. The van der Waals surface area contributed by atoms with E-state index in [4.69, 9.17) is 0 Å². The minimum atomic E-state index is 0.378. The maximum atomic E-state index is 4.62. The Kier molecular flexibility index (Phi) is 3.93. The van der Waals surface area contributed by atoms with Crippen LogP contribution in [0, 0.1) is 13.8 Å². The SMILES string of the molecule is Cc1ccc(N2CC(c3ccccc3)NCC2C)c(C)n1. The Morgan fingerprint density at radius 1 is 1.10 bits per heavy atom. The Bertz CT molecular complexity index is 609. The summed E-state index contributed by atoms with van der Waals surface area (Å²) in [5.41, 5.74) is 4.82. The lowest BCUT2D eigenvalue weighted by Gasteiger charge is -2.41. The van der Waals surface area contributed by atoms with Crippen LogP contribution in [-0.2, 0) is 0 Å². The molecule has 110 valence electrons. The summed E-state index contributed by atoms with van der Waals surface area (Å²) in [6, 6.07) is 15.9. The van der Waals surface area contributed by atoms with E-state index in [0.717, 1.165) is 24.5 Å². The third-order valence-electron chi connectivity index (χ3n) is 4.28. The van der Waals surface area contributed by atoms with Crippen molar-refractivity contribution in [2.45, 2.75) is 32.9 Å². The number of nitrogens with one attached hydrogen (secondary N) is 1. The Morgan fingerprint density at radius 2 is 1.86 bits per heavy atom. The molecule has 1 aromatic carbocycles. The minimum Gasteiger partial charge on any atom is -0.364 e. The largest absolute Gasteiger partial charge is 0.364 e. The van der Waals surface area contributed by atoms with Crippen LogP contribution in [0.25, 0.3) is 0 Å². The van der Waals surface area contributed by atoms with Crippen molar-refractivity contribution >= 4 is 5.69 Å². The summed E-state index contributed by atoms with van der Waals surface area (Å²) in [5, 5.41) is 3.65. The van der Waals surface area contributed by atoms with E-state index in [2.05, 4.69) is 71.5 Å². The number of anilines is 1. The van der Waals surface area contributed by atoms with Crippen LogP contribution >= 0.6 is 0 Å². The van der Waals surface area contributed by atoms with E-state index >= 15 is 0 Å². The number of aromatic nitrogens is 1. The van der Waals surface area contributed by atoms with Gasteiger partial charge in [0.05, 0.1) is 11.4 Å². The molecule has 3 nitrogen and oxygen atoms in total. The van der Waals surface area contributed by atoms with E-state index in [-0.39, 0.29) is 0 Å². The van der Waals surface area contributed by atoms with Gasteiger partial charge in [-0.3, -0.25) is 4.98 Å². The lowest BCUT2D eigenvalue weighted by atomic mass is 10.0. The van der Waals surface area contributed by atoms with Crippen molar-refractivity contribution in [3.8, 4) is 0 Å². The van der Waals surface area contributed by atoms with Gasteiger partial charge in [0.25, 0.3) is 0 Å². The molecule has 3 heteroatoms. The maximum Gasteiger partial charge on any atom is 0.0609 e. The minimum absolute atomic E-state index is 0.378. The van der Waals surface area contributed by atoms with E-state index in [0.29, 0.717) is 12.1 Å². The highest BCUT2D eigenvalue weighted by molar-refractivity contribution is 5.52. The highest BCUT2D eigenvalue weighted by atomic mass is 15.2. The van der Waals surface area contributed by atoms with Gasteiger partial charge in [-0.15, -0.1) is 0 Å². The summed E-state index contributed by atoms with van der Waals surface area (Å²) in [7, 11) is 0. The molecule has 0 amide bonds. The third-order valence-corrected chi connectivity index (χ3v) is 4.28. The Hall–Kier alpha value is -1.87. The first-order valence-electron chi connectivity index (χ1n) is 7.64. The zero-order valence-corrected chi connectivity index (χ0v) is 13.0. The van der Waals surface area contributed by atoms with Crippen molar-refractivity contribution < 1.29 is 0 Å². The van der Waals surface area contributed by atoms with Gasteiger partial charge in [0, 0.05) is 30.9 Å². The fraction of sp³-hybridized carbons (Fsp3) is 0.389. The van der Waals surface area contributed by atoms with Gasteiger partial charge in [-0.05, 0) is 38.5 Å². The van der Waals surface area contributed by atoms with Gasteiger partial charge in [0.1, 0.15) is 0 Å². The predicted octanol–water partition coefficient (Wildman–Crippen LogP) is 3.24. The number of hydrogen-bond acceptors (Lipinski definition) is 3. The van der Waals surface area contributed by atoms with E-state index in [1.807, 2.05) is 6.92 Å². The van der Waals surface area contributed by atoms with Crippen LogP contribution in [0.3, 0.4) is 0 Å². The molecule has 0 spiro atoms. The number of aryl methyl sites for hydroxylation is 2. The molecule has 2 unspecified atom stereocenters. The second-order valence-corrected chi connectivity index (χ2v) is 5.93. The summed E-state index contributed by atoms with van der Waals surface area (Å²) in [6.45, 7) is 8.40. The quantitative estimate of drug-likeness (QED) is 0.916. The van der Waals surface area contributed by atoms with Gasteiger partial charge in [0.15, 0.2) is 0 Å². The van der Waals surface area contributed by atoms with Gasteiger partial charge < -0.3 is 10.2 Å². The van der Waals surface area contributed by atoms with Crippen molar-refractivity contribution in [2.75, 3.05) is 18.0 Å². The number of piperazine rings is 1. The second-order valence-electron chi connectivity index (χ2n) is 5.93. The molecule has 0 radical (unpaired) electrons. The van der Waals surface area contributed by atoms with Crippen LogP contribution in [0.15, 0.2) is 42.5 Å². The van der Waals surface area contributed by atoms with Gasteiger partial charge in [-0.1, -0.05) is 30.3 Å². The second kappa shape index (κ2) is 5.86. The van der Waals surface area contributed by atoms with E-state index < -0.39 is 0 Å². The molecule has 1 fully saturated rings. The summed E-state index contributed by atoms with van der Waals surface area (Å²) in [5.74, 6) is 0. The van der Waals surface area contributed by atoms with Crippen LogP contribution in [0.4, 0.5) is 5.69 Å². The zero-order valence-electron chi connectivity index (χ0n) is 13.0. The molecule has 2 aromatic rings. The Morgan fingerprint density at radius 3 is 2.57 bits per heavy atom. The molecule has 1 saturated heterocycles. The number of pyridine rings is 1. The topological polar surface area (TPSA) is 28.2 Å². The molecule has 3 rings (SSSR count). The van der Waals surface area contributed by atoms with E-state index in [1.54, 1.807) is 0 Å². The van der Waals surface area contributed by atoms with E-state index in [9.17, 15) is 0 Å². The molecule has 1 aliphatic heterocycles. The predicted molar refractivity (Wildman–Crippen MR) is 87.7 cm³/mol. The standard InChI is InChI=1S/C18H23N3/c1-13-9-10-18(15(3)20-13)21-12-17(19-11-14(21)2)16-7-5-4-6-8-16/h4-10,14,17,19H,11-12H2,1-3H3. The average Bonchev–Trinajstić information content (AvgIpc) is 2.49. The molecule has 1 aromatic heterocycles. The van der Waals surface area contributed by atoms with Crippen molar-refractivity contribution in [1.82, 2.24) is 10.3 Å². The fourth-order valence-electron chi connectivity index (χ4n) is 3.09. The maximum absolute atomic E-state index is 4.62. The number of nitrogens with zero attached hydrogens (tertiary/aromatic N) is 2. The number of rotatable bonds is 2. The molecule has 0 saturated carbocycles. The summed E-state index contributed by atoms with van der Waals surface area (Å²) >= 11 is 0. The zero-order chi connectivity index (χ0) is 14.8. The molecule has 2 heterocycles. The van der Waals surface area contributed by atoms with Crippen LogP contribution in [-0.4, -0.2) is 24.1 Å². The average molecular weight is 281 g/mol. The summed E-state index contributed by atoms with van der Waals surface area (Å²) in [4.78, 5) is 7.10. The fourth-order valence-corrected chi connectivity index (χ4v) is 3.09. The first kappa shape index (κ1) is 14.1. The molecular formula is C18H23N3. The number of benzene rings is 1. The van der Waals surface area contributed by atoms with Gasteiger partial charge >= 0.3 is 0 Å². The smallest absolute Gasteiger partial charge is 0.0609 e. The van der Waals surface area contributed by atoms with Crippen molar-refractivity contribution in [3.05, 3.63) is 59.4 Å². The summed E-state index contributed by atoms with van der Waals surface area (Å²) < 4.78 is 0. The van der Waals surface area contributed by atoms with Crippen LogP contribution in [0.1, 0.15) is 29.9 Å². The molecule has 2 atom stereocenters. The van der Waals surface area contributed by atoms with Gasteiger partial charge in [0.2, 0.25) is 0 Å². The van der Waals surface area contributed by atoms with Crippen molar-refractivity contribution in [1.29, 1.82) is 0 Å². The third kappa shape index (κ3) is 2.93. The molecule has 0 aliphatic carbocycles. The summed E-state index contributed by atoms with van der Waals surface area (Å²) in [6.07, 6.45) is 0. The Labute approximate surface area is 127 Å². The molecular weight excluding hydrogens is 258 g/mol. The monoisotopic (exact) mass is 281 g/mol. The first-order valence-corrected chi connectivity index (χ1v) is 7.64. The van der Waals surface area contributed by atoms with Crippen LogP contribution < -0.4 is 10.2 Å². The normalized spacial score (nSPS) is 22.3. The molecule has 1 N–H and O–H groups in total. The van der Waals surface area contributed by atoms with Crippen molar-refractivity contribution in [3.63, 3.8) is 0 Å². The van der Waals surface area contributed by atoms with E-state index in [1.165, 1.54) is 11.3 Å². The Balaban J connectivity index is 1.87. The molecule has 0 bridgehead atoms.